The average molecular weight is 161 g/mol. The first-order valence-corrected chi connectivity index (χ1v) is 3.64. The maximum Gasteiger partial charge on any atom is 0.305 e. The number of hydrogen-bond acceptors (Lipinski definition) is 3. The van der Waals surface area contributed by atoms with E-state index in [2.05, 4.69) is 5.32 Å². The fourth-order valence-electron chi connectivity index (χ4n) is 0.891. The van der Waals surface area contributed by atoms with Crippen molar-refractivity contribution in [2.45, 2.75) is 19.4 Å². The summed E-state index contributed by atoms with van der Waals surface area (Å²) >= 11 is 0. The van der Waals surface area contributed by atoms with Crippen molar-refractivity contribution in [3.8, 4) is 0 Å². The molecule has 0 saturated carbocycles. The van der Waals surface area contributed by atoms with Crippen LogP contribution in [0.3, 0.4) is 0 Å². The zero-order valence-electron chi connectivity index (χ0n) is 6.96. The first kappa shape index (κ1) is 10.4. The monoisotopic (exact) mass is 161 g/mol. The summed E-state index contributed by atoms with van der Waals surface area (Å²) in [6.07, 6.45) is 0.113. The van der Waals surface area contributed by atoms with E-state index < -0.39 is 5.97 Å². The molecule has 4 nitrogen and oxygen atoms in total. The molecule has 1 atom stereocenters. The van der Waals surface area contributed by atoms with Crippen molar-refractivity contribution >= 4 is 5.97 Å². The van der Waals surface area contributed by atoms with Crippen molar-refractivity contribution in [1.82, 2.24) is 5.32 Å². The molecule has 0 aliphatic rings. The molecule has 0 saturated heterocycles. The first-order valence-electron chi connectivity index (χ1n) is 3.64. The van der Waals surface area contributed by atoms with Crippen LogP contribution in [0.2, 0.25) is 0 Å². The maximum atomic E-state index is 10.3. The van der Waals surface area contributed by atoms with Gasteiger partial charge in [-0.15, -0.1) is 0 Å². The zero-order valence-corrected chi connectivity index (χ0v) is 6.96. The highest BCUT2D eigenvalue weighted by Crippen LogP contribution is 1.91. The summed E-state index contributed by atoms with van der Waals surface area (Å²) < 4.78 is 4.83. The average Bonchev–Trinajstić information content (AvgIpc) is 1.87. The molecule has 0 radical (unpaired) electrons. The van der Waals surface area contributed by atoms with Crippen LogP contribution in [0.1, 0.15) is 13.3 Å². The molecule has 4 heteroatoms. The lowest BCUT2D eigenvalue weighted by molar-refractivity contribution is -0.137. The minimum atomic E-state index is -0.798. The van der Waals surface area contributed by atoms with E-state index in [4.69, 9.17) is 9.84 Å². The SMILES string of the molecule is CCNC(COC)CC(=O)O. The second-order valence-electron chi connectivity index (χ2n) is 2.31. The summed E-state index contributed by atoms with van der Waals surface area (Å²) in [5.74, 6) is -0.798. The molecule has 0 aromatic heterocycles. The van der Waals surface area contributed by atoms with Crippen LogP contribution in [0.5, 0.6) is 0 Å². The lowest BCUT2D eigenvalue weighted by Crippen LogP contribution is -2.35. The van der Waals surface area contributed by atoms with Crippen molar-refractivity contribution in [3.63, 3.8) is 0 Å². The summed E-state index contributed by atoms with van der Waals surface area (Å²) in [6, 6.07) is -0.0671. The van der Waals surface area contributed by atoms with Gasteiger partial charge >= 0.3 is 5.97 Å². The molecular weight excluding hydrogens is 146 g/mol. The Kier molecular flexibility index (Phi) is 5.78. The van der Waals surface area contributed by atoms with E-state index >= 15 is 0 Å². The summed E-state index contributed by atoms with van der Waals surface area (Å²) in [4.78, 5) is 10.3. The molecule has 0 rings (SSSR count). The maximum absolute atomic E-state index is 10.3. The topological polar surface area (TPSA) is 58.6 Å². The molecule has 0 spiro atoms. The number of nitrogens with one attached hydrogen (secondary N) is 1. The number of carboxylic acids is 1. The van der Waals surface area contributed by atoms with Crippen LogP contribution in [-0.2, 0) is 9.53 Å². The fourth-order valence-corrected chi connectivity index (χ4v) is 0.891. The van der Waals surface area contributed by atoms with Gasteiger partial charge in [0.05, 0.1) is 13.0 Å². The van der Waals surface area contributed by atoms with Gasteiger partial charge in [-0.1, -0.05) is 6.92 Å². The van der Waals surface area contributed by atoms with Gasteiger partial charge in [0, 0.05) is 13.2 Å². The number of aliphatic carboxylic acids is 1. The lowest BCUT2D eigenvalue weighted by atomic mass is 10.2. The molecule has 0 amide bonds. The Bertz CT molecular complexity index is 110. The van der Waals surface area contributed by atoms with E-state index in [0.717, 1.165) is 6.54 Å². The molecule has 0 bridgehead atoms. The predicted octanol–water partition coefficient (Wildman–Crippen LogP) is 0.0856. The van der Waals surface area contributed by atoms with Gasteiger partial charge in [0.15, 0.2) is 0 Å². The molecule has 2 N–H and O–H groups in total. The molecule has 0 heterocycles. The Morgan fingerprint density at radius 1 is 1.73 bits per heavy atom. The molecule has 0 aliphatic carbocycles. The Hall–Kier alpha value is -0.610. The number of methoxy groups -OCH3 is 1. The lowest BCUT2D eigenvalue weighted by Gasteiger charge is -2.13. The Labute approximate surface area is 66.5 Å². The van der Waals surface area contributed by atoms with Crippen molar-refractivity contribution in [2.24, 2.45) is 0 Å². The van der Waals surface area contributed by atoms with E-state index in [1.165, 1.54) is 0 Å². The molecule has 11 heavy (non-hydrogen) atoms. The number of carboxylic acid groups (broad SMARTS) is 1. The van der Waals surface area contributed by atoms with Crippen LogP contribution >= 0.6 is 0 Å². The minimum Gasteiger partial charge on any atom is -0.481 e. The van der Waals surface area contributed by atoms with Gasteiger partial charge in [0.25, 0.3) is 0 Å². The summed E-state index contributed by atoms with van der Waals surface area (Å²) in [5.41, 5.74) is 0. The Morgan fingerprint density at radius 3 is 2.73 bits per heavy atom. The highest BCUT2D eigenvalue weighted by molar-refractivity contribution is 5.67. The third kappa shape index (κ3) is 5.82. The number of carbonyl (C=O) groups is 1. The minimum absolute atomic E-state index is 0.0671. The normalized spacial score (nSPS) is 12.9. The summed E-state index contributed by atoms with van der Waals surface area (Å²) in [7, 11) is 1.56. The van der Waals surface area contributed by atoms with E-state index in [0.29, 0.717) is 6.61 Å². The van der Waals surface area contributed by atoms with Crippen LogP contribution in [0.4, 0.5) is 0 Å². The van der Waals surface area contributed by atoms with Crippen LogP contribution in [0.15, 0.2) is 0 Å². The van der Waals surface area contributed by atoms with Crippen molar-refractivity contribution < 1.29 is 14.6 Å². The van der Waals surface area contributed by atoms with Crippen LogP contribution in [-0.4, -0.2) is 37.4 Å². The predicted molar refractivity (Wildman–Crippen MR) is 41.6 cm³/mol. The Morgan fingerprint density at radius 2 is 2.36 bits per heavy atom. The van der Waals surface area contributed by atoms with Crippen LogP contribution in [0.25, 0.3) is 0 Å². The standard InChI is InChI=1S/C7H15NO3/c1-3-8-6(5-11-2)4-7(9)10/h6,8H,3-5H2,1-2H3,(H,9,10). The quantitative estimate of drug-likeness (QED) is 0.579. The highest BCUT2D eigenvalue weighted by Gasteiger charge is 2.10. The molecule has 0 aromatic carbocycles. The second kappa shape index (κ2) is 6.12. The number of ether oxygens (including phenoxy) is 1. The second-order valence-corrected chi connectivity index (χ2v) is 2.31. The zero-order chi connectivity index (χ0) is 8.69. The van der Waals surface area contributed by atoms with E-state index in [9.17, 15) is 4.79 Å². The molecule has 0 aliphatic heterocycles. The smallest absolute Gasteiger partial charge is 0.305 e. The van der Waals surface area contributed by atoms with Crippen molar-refractivity contribution in [2.75, 3.05) is 20.3 Å². The molecule has 66 valence electrons. The number of rotatable bonds is 6. The third-order valence-corrected chi connectivity index (χ3v) is 1.28. The summed E-state index contributed by atoms with van der Waals surface area (Å²) in [6.45, 7) is 3.14. The number of hydrogen-bond donors (Lipinski definition) is 2. The van der Waals surface area contributed by atoms with E-state index in [1.807, 2.05) is 6.92 Å². The Balaban J connectivity index is 3.59. The highest BCUT2D eigenvalue weighted by atomic mass is 16.5. The molecule has 1 unspecified atom stereocenters. The van der Waals surface area contributed by atoms with Crippen LogP contribution < -0.4 is 5.32 Å². The first-order chi connectivity index (χ1) is 5.20. The van der Waals surface area contributed by atoms with Crippen molar-refractivity contribution in [3.05, 3.63) is 0 Å². The van der Waals surface area contributed by atoms with Gasteiger partial charge in [-0.3, -0.25) is 4.79 Å². The number of likely N-dealkylation sites (N-methyl/N-ethyl adjacent to an activating group) is 1. The van der Waals surface area contributed by atoms with E-state index in [1.54, 1.807) is 7.11 Å². The fraction of sp³-hybridized carbons (Fsp3) is 0.857. The molecule has 0 fully saturated rings. The molecular formula is C7H15NO3. The largest absolute Gasteiger partial charge is 0.481 e. The van der Waals surface area contributed by atoms with Gasteiger partial charge in [-0.05, 0) is 6.54 Å². The van der Waals surface area contributed by atoms with Gasteiger partial charge in [0.1, 0.15) is 0 Å². The van der Waals surface area contributed by atoms with Crippen LogP contribution in [0, 0.1) is 0 Å². The van der Waals surface area contributed by atoms with Gasteiger partial charge < -0.3 is 15.2 Å². The van der Waals surface area contributed by atoms with Gasteiger partial charge in [-0.2, -0.15) is 0 Å². The van der Waals surface area contributed by atoms with Gasteiger partial charge in [-0.25, -0.2) is 0 Å². The molecule has 0 aromatic rings. The van der Waals surface area contributed by atoms with E-state index in [-0.39, 0.29) is 12.5 Å². The van der Waals surface area contributed by atoms with Crippen molar-refractivity contribution in [1.29, 1.82) is 0 Å². The summed E-state index contributed by atoms with van der Waals surface area (Å²) in [5, 5.41) is 11.5. The van der Waals surface area contributed by atoms with Gasteiger partial charge in [0.2, 0.25) is 0 Å². The third-order valence-electron chi connectivity index (χ3n) is 1.28.